The van der Waals surface area contributed by atoms with Gasteiger partial charge in [-0.05, 0) is 18.7 Å². The van der Waals surface area contributed by atoms with Crippen molar-refractivity contribution in [1.29, 1.82) is 0 Å². The van der Waals surface area contributed by atoms with Crippen LogP contribution in [0.15, 0.2) is 46.6 Å². The topological polar surface area (TPSA) is 93.4 Å². The molecule has 3 N–H and O–H groups in total. The van der Waals surface area contributed by atoms with Crippen molar-refractivity contribution in [2.24, 2.45) is 0 Å². The molecule has 2 heterocycles. The molecule has 0 amide bonds. The number of nitrogens with two attached hydrogens (primary N) is 1. The summed E-state index contributed by atoms with van der Waals surface area (Å²) in [5.41, 5.74) is 6.77. The summed E-state index contributed by atoms with van der Waals surface area (Å²) in [5.74, 6) is 1.78. The molecule has 3 rings (SSSR count). The van der Waals surface area contributed by atoms with E-state index in [2.05, 4.69) is 25.1 Å². The van der Waals surface area contributed by atoms with Crippen molar-refractivity contribution in [3.8, 4) is 11.4 Å². The summed E-state index contributed by atoms with van der Waals surface area (Å²) in [4.78, 5) is 13.0. The fourth-order valence-corrected chi connectivity index (χ4v) is 2.45. The molecule has 2 aromatic heterocycles. The molecule has 0 atom stereocenters. The van der Waals surface area contributed by atoms with Gasteiger partial charge in [0.15, 0.2) is 5.82 Å². The van der Waals surface area contributed by atoms with Crippen molar-refractivity contribution in [2.45, 2.75) is 17.1 Å². The third-order valence-electron chi connectivity index (χ3n) is 2.53. The molecule has 20 heavy (non-hydrogen) atoms. The first-order valence-corrected chi connectivity index (χ1v) is 6.79. The zero-order valence-electron chi connectivity index (χ0n) is 10.7. The van der Waals surface area contributed by atoms with E-state index in [0.717, 1.165) is 16.4 Å². The Labute approximate surface area is 119 Å². The van der Waals surface area contributed by atoms with Gasteiger partial charge in [0.2, 0.25) is 5.16 Å². The van der Waals surface area contributed by atoms with Crippen molar-refractivity contribution >= 4 is 17.6 Å². The number of nitrogens with zero attached hydrogens (tertiary/aromatic N) is 4. The average molecular weight is 284 g/mol. The van der Waals surface area contributed by atoms with Gasteiger partial charge < -0.3 is 5.73 Å². The molecule has 100 valence electrons. The Morgan fingerprint density at radius 3 is 2.60 bits per heavy atom. The number of anilines is 1. The van der Waals surface area contributed by atoms with Crippen LogP contribution in [-0.4, -0.2) is 25.1 Å². The molecule has 0 spiro atoms. The minimum atomic E-state index is 0.425. The third kappa shape index (κ3) is 2.77. The van der Waals surface area contributed by atoms with Crippen LogP contribution in [0.3, 0.4) is 0 Å². The Bertz CT molecular complexity index is 725. The van der Waals surface area contributed by atoms with Crippen LogP contribution in [0.2, 0.25) is 0 Å². The molecular formula is C13H12N6S. The molecule has 0 aliphatic rings. The number of aromatic nitrogens is 5. The second-order valence-corrected chi connectivity index (χ2v) is 5.11. The van der Waals surface area contributed by atoms with Crippen molar-refractivity contribution in [2.75, 3.05) is 5.73 Å². The molecule has 6 nitrogen and oxygen atoms in total. The van der Waals surface area contributed by atoms with Crippen LogP contribution in [0, 0.1) is 6.92 Å². The number of nitrogen functional groups attached to an aromatic ring is 1. The number of hydrogen-bond donors (Lipinski definition) is 2. The summed E-state index contributed by atoms with van der Waals surface area (Å²) in [5, 5.41) is 8.19. The number of benzene rings is 1. The van der Waals surface area contributed by atoms with Gasteiger partial charge in [-0.15, -0.1) is 5.10 Å². The minimum Gasteiger partial charge on any atom is -0.384 e. The van der Waals surface area contributed by atoms with Gasteiger partial charge in [-0.1, -0.05) is 30.3 Å². The fraction of sp³-hybridized carbons (Fsp3) is 0.0769. The van der Waals surface area contributed by atoms with Crippen molar-refractivity contribution in [3.63, 3.8) is 0 Å². The third-order valence-corrected chi connectivity index (χ3v) is 3.31. The summed E-state index contributed by atoms with van der Waals surface area (Å²) >= 11 is 1.35. The van der Waals surface area contributed by atoms with Crippen LogP contribution in [0.4, 0.5) is 5.82 Å². The van der Waals surface area contributed by atoms with Crippen LogP contribution < -0.4 is 5.73 Å². The fourth-order valence-electron chi connectivity index (χ4n) is 1.67. The maximum atomic E-state index is 5.84. The van der Waals surface area contributed by atoms with Gasteiger partial charge in [0.1, 0.15) is 16.7 Å². The molecule has 0 fully saturated rings. The van der Waals surface area contributed by atoms with Gasteiger partial charge in [-0.3, -0.25) is 5.10 Å². The van der Waals surface area contributed by atoms with Gasteiger partial charge in [0, 0.05) is 11.6 Å². The zero-order valence-corrected chi connectivity index (χ0v) is 11.6. The second kappa shape index (κ2) is 5.30. The largest absolute Gasteiger partial charge is 0.384 e. The highest BCUT2D eigenvalue weighted by Crippen LogP contribution is 2.26. The van der Waals surface area contributed by atoms with E-state index in [-0.39, 0.29) is 0 Å². The molecule has 0 bridgehead atoms. The van der Waals surface area contributed by atoms with E-state index in [4.69, 9.17) is 5.73 Å². The summed E-state index contributed by atoms with van der Waals surface area (Å²) in [6, 6.07) is 11.4. The molecule has 1 aromatic carbocycles. The van der Waals surface area contributed by atoms with Crippen LogP contribution in [0.1, 0.15) is 5.82 Å². The smallest absolute Gasteiger partial charge is 0.214 e. The van der Waals surface area contributed by atoms with E-state index in [1.165, 1.54) is 11.8 Å². The molecule has 0 aliphatic carbocycles. The predicted molar refractivity (Wildman–Crippen MR) is 77.1 cm³/mol. The lowest BCUT2D eigenvalue weighted by molar-refractivity contribution is 0.962. The lowest BCUT2D eigenvalue weighted by Crippen LogP contribution is -1.97. The van der Waals surface area contributed by atoms with Gasteiger partial charge in [-0.2, -0.15) is 0 Å². The molecule has 0 saturated carbocycles. The second-order valence-electron chi connectivity index (χ2n) is 4.13. The summed E-state index contributed by atoms with van der Waals surface area (Å²) < 4.78 is 0. The van der Waals surface area contributed by atoms with Crippen molar-refractivity contribution in [1.82, 2.24) is 25.1 Å². The molecule has 3 aromatic rings. The Balaban J connectivity index is 1.94. The number of aryl methyl sites for hydroxylation is 1. The number of hydrogen-bond acceptors (Lipinski definition) is 6. The van der Waals surface area contributed by atoms with Crippen molar-refractivity contribution in [3.05, 3.63) is 42.2 Å². The van der Waals surface area contributed by atoms with Gasteiger partial charge in [0.05, 0.1) is 0 Å². The monoisotopic (exact) mass is 284 g/mol. The molecule has 0 aliphatic heterocycles. The average Bonchev–Trinajstić information content (AvgIpc) is 2.84. The van der Waals surface area contributed by atoms with E-state index in [9.17, 15) is 0 Å². The number of nitrogens with one attached hydrogen (secondary N) is 1. The lowest BCUT2D eigenvalue weighted by atomic mass is 10.2. The number of H-pyrrole nitrogens is 1. The van der Waals surface area contributed by atoms with Crippen LogP contribution in [-0.2, 0) is 0 Å². The summed E-state index contributed by atoms with van der Waals surface area (Å²) in [6.07, 6.45) is 0. The molecule has 0 radical (unpaired) electrons. The first-order valence-electron chi connectivity index (χ1n) is 5.97. The molecular weight excluding hydrogens is 272 g/mol. The predicted octanol–water partition coefficient (Wildman–Crippen LogP) is 2.30. The maximum absolute atomic E-state index is 5.84. The Morgan fingerprint density at radius 2 is 1.90 bits per heavy atom. The van der Waals surface area contributed by atoms with E-state index in [0.29, 0.717) is 16.8 Å². The molecule has 7 heteroatoms. The SMILES string of the molecule is Cc1nc(Sc2cc(N)nc(-c3ccccc3)n2)n[nH]1. The summed E-state index contributed by atoms with van der Waals surface area (Å²) in [7, 11) is 0. The van der Waals surface area contributed by atoms with Crippen LogP contribution in [0.5, 0.6) is 0 Å². The van der Waals surface area contributed by atoms with Crippen LogP contribution in [0.25, 0.3) is 11.4 Å². The van der Waals surface area contributed by atoms with Gasteiger partial charge >= 0.3 is 0 Å². The minimum absolute atomic E-state index is 0.425. The van der Waals surface area contributed by atoms with Gasteiger partial charge in [-0.25, -0.2) is 15.0 Å². The maximum Gasteiger partial charge on any atom is 0.214 e. The first kappa shape index (κ1) is 12.6. The lowest BCUT2D eigenvalue weighted by Gasteiger charge is -2.04. The molecule has 0 unspecified atom stereocenters. The summed E-state index contributed by atoms with van der Waals surface area (Å²) in [6.45, 7) is 1.85. The Kier molecular flexibility index (Phi) is 3.34. The van der Waals surface area contributed by atoms with E-state index < -0.39 is 0 Å². The highest BCUT2D eigenvalue weighted by atomic mass is 32.2. The highest BCUT2D eigenvalue weighted by Gasteiger charge is 2.09. The zero-order chi connectivity index (χ0) is 13.9. The van der Waals surface area contributed by atoms with E-state index in [1.54, 1.807) is 6.07 Å². The highest BCUT2D eigenvalue weighted by molar-refractivity contribution is 7.99. The van der Waals surface area contributed by atoms with E-state index in [1.807, 2.05) is 37.3 Å². The first-order chi connectivity index (χ1) is 9.70. The number of rotatable bonds is 3. The quantitative estimate of drug-likeness (QED) is 0.717. The Morgan fingerprint density at radius 1 is 1.10 bits per heavy atom. The normalized spacial score (nSPS) is 10.7. The van der Waals surface area contributed by atoms with Crippen molar-refractivity contribution < 1.29 is 0 Å². The van der Waals surface area contributed by atoms with Crippen LogP contribution >= 0.6 is 11.8 Å². The number of aromatic amines is 1. The molecule has 0 saturated heterocycles. The Hall–Kier alpha value is -2.41. The van der Waals surface area contributed by atoms with Gasteiger partial charge in [0.25, 0.3) is 0 Å². The standard InChI is InChI=1S/C13H12N6S/c1-8-15-13(19-18-8)20-11-7-10(14)16-12(17-11)9-5-3-2-4-6-9/h2-7H,1H3,(H2,14,16,17)(H,15,18,19). The van der Waals surface area contributed by atoms with E-state index >= 15 is 0 Å².